The second kappa shape index (κ2) is 4.51. The highest BCUT2D eigenvalue weighted by molar-refractivity contribution is 5.41. The molecule has 68 valence electrons. The van der Waals surface area contributed by atoms with Crippen molar-refractivity contribution in [3.05, 3.63) is 29.3 Å². The predicted molar refractivity (Wildman–Crippen MR) is 51.7 cm³/mol. The highest BCUT2D eigenvalue weighted by Gasteiger charge is 2.01. The lowest BCUT2D eigenvalue weighted by Gasteiger charge is -2.08. The van der Waals surface area contributed by atoms with Gasteiger partial charge in [0.05, 0.1) is 18.2 Å². The molecule has 0 amide bonds. The Kier molecular flexibility index (Phi) is 3.33. The van der Waals surface area contributed by atoms with Gasteiger partial charge in [0.15, 0.2) is 0 Å². The SMILES string of the molecule is CCOc1ccc(C#N)cc1CC. The Morgan fingerprint density at radius 3 is 2.69 bits per heavy atom. The lowest BCUT2D eigenvalue weighted by molar-refractivity contribution is 0.337. The minimum Gasteiger partial charge on any atom is -0.494 e. The molecule has 0 fully saturated rings. The number of nitrogens with zero attached hydrogens (tertiary/aromatic N) is 1. The highest BCUT2D eigenvalue weighted by Crippen LogP contribution is 2.20. The van der Waals surface area contributed by atoms with Crippen molar-refractivity contribution >= 4 is 0 Å². The average molecular weight is 175 g/mol. The summed E-state index contributed by atoms with van der Waals surface area (Å²) in [6, 6.07) is 7.64. The molecule has 13 heavy (non-hydrogen) atoms. The number of hydrogen-bond donors (Lipinski definition) is 0. The summed E-state index contributed by atoms with van der Waals surface area (Å²) in [5.41, 5.74) is 1.79. The molecule has 0 aromatic heterocycles. The molecule has 0 saturated heterocycles. The molecule has 2 heteroatoms. The summed E-state index contributed by atoms with van der Waals surface area (Å²) in [7, 11) is 0. The maximum absolute atomic E-state index is 8.69. The zero-order chi connectivity index (χ0) is 9.68. The van der Waals surface area contributed by atoms with Crippen molar-refractivity contribution < 1.29 is 4.74 Å². The van der Waals surface area contributed by atoms with Gasteiger partial charge >= 0.3 is 0 Å². The predicted octanol–water partition coefficient (Wildman–Crippen LogP) is 2.52. The van der Waals surface area contributed by atoms with Gasteiger partial charge < -0.3 is 4.74 Å². The summed E-state index contributed by atoms with van der Waals surface area (Å²) in [6.45, 7) is 4.68. The summed E-state index contributed by atoms with van der Waals surface area (Å²) in [4.78, 5) is 0. The molecule has 0 atom stereocenters. The molecule has 0 saturated carbocycles. The lowest BCUT2D eigenvalue weighted by Crippen LogP contribution is -1.96. The van der Waals surface area contributed by atoms with Crippen molar-refractivity contribution in [3.8, 4) is 11.8 Å². The molecule has 1 aromatic carbocycles. The first-order chi connectivity index (χ1) is 6.31. The number of aryl methyl sites for hydroxylation is 1. The van der Waals surface area contributed by atoms with Gasteiger partial charge in [-0.15, -0.1) is 0 Å². The van der Waals surface area contributed by atoms with Crippen LogP contribution in [0.15, 0.2) is 18.2 Å². The largest absolute Gasteiger partial charge is 0.494 e. The first-order valence-corrected chi connectivity index (χ1v) is 4.47. The molecule has 0 aliphatic carbocycles. The average Bonchev–Trinajstić information content (AvgIpc) is 2.19. The number of hydrogen-bond acceptors (Lipinski definition) is 2. The van der Waals surface area contributed by atoms with Gasteiger partial charge in [0.2, 0.25) is 0 Å². The Labute approximate surface area is 78.8 Å². The molecule has 0 spiro atoms. The van der Waals surface area contributed by atoms with Gasteiger partial charge in [-0.2, -0.15) is 5.26 Å². The number of rotatable bonds is 3. The molecule has 0 aliphatic rings. The van der Waals surface area contributed by atoms with E-state index < -0.39 is 0 Å². The van der Waals surface area contributed by atoms with Crippen molar-refractivity contribution in [3.63, 3.8) is 0 Å². The van der Waals surface area contributed by atoms with Crippen LogP contribution in [0.2, 0.25) is 0 Å². The van der Waals surface area contributed by atoms with Crippen LogP contribution >= 0.6 is 0 Å². The maximum Gasteiger partial charge on any atom is 0.122 e. The van der Waals surface area contributed by atoms with Gasteiger partial charge in [-0.05, 0) is 37.1 Å². The summed E-state index contributed by atoms with van der Waals surface area (Å²) in [5.74, 6) is 0.893. The summed E-state index contributed by atoms with van der Waals surface area (Å²) >= 11 is 0. The van der Waals surface area contributed by atoms with Gasteiger partial charge in [-0.3, -0.25) is 0 Å². The number of ether oxygens (including phenoxy) is 1. The Morgan fingerprint density at radius 2 is 2.15 bits per heavy atom. The van der Waals surface area contributed by atoms with E-state index in [0.717, 1.165) is 17.7 Å². The quantitative estimate of drug-likeness (QED) is 0.707. The third-order valence-electron chi connectivity index (χ3n) is 1.87. The first-order valence-electron chi connectivity index (χ1n) is 4.47. The molecule has 2 nitrogen and oxygen atoms in total. The lowest BCUT2D eigenvalue weighted by atomic mass is 10.1. The number of nitriles is 1. The molecule has 0 bridgehead atoms. The van der Waals surface area contributed by atoms with E-state index in [1.54, 1.807) is 6.07 Å². The van der Waals surface area contributed by atoms with Crippen LogP contribution in [0, 0.1) is 11.3 Å². The van der Waals surface area contributed by atoms with E-state index in [1.807, 2.05) is 19.1 Å². The van der Waals surface area contributed by atoms with E-state index in [0.29, 0.717) is 12.2 Å². The number of benzene rings is 1. The smallest absolute Gasteiger partial charge is 0.122 e. The van der Waals surface area contributed by atoms with Gasteiger partial charge in [0.1, 0.15) is 5.75 Å². The monoisotopic (exact) mass is 175 g/mol. The van der Waals surface area contributed by atoms with Crippen LogP contribution in [0.1, 0.15) is 25.0 Å². The molecule has 0 aliphatic heterocycles. The molecule has 1 aromatic rings. The van der Waals surface area contributed by atoms with Crippen molar-refractivity contribution in [2.75, 3.05) is 6.61 Å². The van der Waals surface area contributed by atoms with Crippen LogP contribution in [0.25, 0.3) is 0 Å². The topological polar surface area (TPSA) is 33.0 Å². The van der Waals surface area contributed by atoms with Crippen LogP contribution in [0.4, 0.5) is 0 Å². The van der Waals surface area contributed by atoms with E-state index in [2.05, 4.69) is 13.0 Å². The normalized spacial score (nSPS) is 9.31. The maximum atomic E-state index is 8.69. The third kappa shape index (κ3) is 2.22. The second-order valence-electron chi connectivity index (χ2n) is 2.72. The van der Waals surface area contributed by atoms with Gasteiger partial charge in [-0.25, -0.2) is 0 Å². The van der Waals surface area contributed by atoms with Gasteiger partial charge in [-0.1, -0.05) is 6.92 Å². The fraction of sp³-hybridized carbons (Fsp3) is 0.364. The van der Waals surface area contributed by atoms with E-state index in [4.69, 9.17) is 10.00 Å². The van der Waals surface area contributed by atoms with Gasteiger partial charge in [0, 0.05) is 0 Å². The second-order valence-corrected chi connectivity index (χ2v) is 2.72. The molecular formula is C11H13NO. The van der Waals surface area contributed by atoms with Crippen molar-refractivity contribution in [2.45, 2.75) is 20.3 Å². The Balaban J connectivity index is 3.02. The van der Waals surface area contributed by atoms with Crippen LogP contribution in [-0.2, 0) is 6.42 Å². The molecule has 0 N–H and O–H groups in total. The van der Waals surface area contributed by atoms with Crippen molar-refractivity contribution in [1.82, 2.24) is 0 Å². The van der Waals surface area contributed by atoms with Crippen LogP contribution in [-0.4, -0.2) is 6.61 Å². The van der Waals surface area contributed by atoms with E-state index in [9.17, 15) is 0 Å². The summed E-state index contributed by atoms with van der Waals surface area (Å²) in [6.07, 6.45) is 0.894. The van der Waals surface area contributed by atoms with Crippen molar-refractivity contribution in [1.29, 1.82) is 5.26 Å². The van der Waals surface area contributed by atoms with Crippen molar-refractivity contribution in [2.24, 2.45) is 0 Å². The third-order valence-corrected chi connectivity index (χ3v) is 1.87. The van der Waals surface area contributed by atoms with Gasteiger partial charge in [0.25, 0.3) is 0 Å². The zero-order valence-corrected chi connectivity index (χ0v) is 8.00. The van der Waals surface area contributed by atoms with E-state index in [-0.39, 0.29) is 0 Å². The first kappa shape index (κ1) is 9.60. The summed E-state index contributed by atoms with van der Waals surface area (Å²) in [5, 5.41) is 8.69. The molecule has 0 unspecified atom stereocenters. The van der Waals surface area contributed by atoms with Crippen LogP contribution < -0.4 is 4.74 Å². The van der Waals surface area contributed by atoms with E-state index >= 15 is 0 Å². The molecular weight excluding hydrogens is 162 g/mol. The van der Waals surface area contributed by atoms with Crippen LogP contribution in [0.3, 0.4) is 0 Å². The fourth-order valence-electron chi connectivity index (χ4n) is 1.22. The highest BCUT2D eigenvalue weighted by atomic mass is 16.5. The summed E-state index contributed by atoms with van der Waals surface area (Å²) < 4.78 is 5.42. The Hall–Kier alpha value is -1.49. The standard InChI is InChI=1S/C11H13NO/c1-3-10-7-9(8-12)5-6-11(10)13-4-2/h5-7H,3-4H2,1-2H3. The Bertz CT molecular complexity index is 325. The molecule has 1 rings (SSSR count). The molecule has 0 radical (unpaired) electrons. The minimum atomic E-state index is 0.666. The Morgan fingerprint density at radius 1 is 1.38 bits per heavy atom. The minimum absolute atomic E-state index is 0.666. The zero-order valence-electron chi connectivity index (χ0n) is 8.00. The van der Waals surface area contributed by atoms with E-state index in [1.165, 1.54) is 0 Å². The van der Waals surface area contributed by atoms with Crippen LogP contribution in [0.5, 0.6) is 5.75 Å². The molecule has 0 heterocycles. The fourth-order valence-corrected chi connectivity index (χ4v) is 1.22.